The second-order valence-corrected chi connectivity index (χ2v) is 8.43. The minimum Gasteiger partial charge on any atom is -0.390 e. The van der Waals surface area contributed by atoms with Gasteiger partial charge in [-0.05, 0) is 12.3 Å². The molecule has 1 saturated carbocycles. The van der Waals surface area contributed by atoms with E-state index in [-0.39, 0.29) is 18.2 Å². The fourth-order valence-electron chi connectivity index (χ4n) is 4.61. The number of unbranched alkanes of at least 4 members (excludes halogenated alkanes) is 8. The average molecular weight is 339 g/mol. The number of aliphatic hydroxyl groups excluding tert-OH is 1. The van der Waals surface area contributed by atoms with Crippen molar-refractivity contribution in [1.29, 1.82) is 0 Å². The molecule has 0 unspecified atom stereocenters. The van der Waals surface area contributed by atoms with Gasteiger partial charge in [0.1, 0.15) is 0 Å². The van der Waals surface area contributed by atoms with E-state index in [4.69, 9.17) is 5.73 Å². The van der Waals surface area contributed by atoms with Gasteiger partial charge in [-0.1, -0.05) is 96.3 Å². The molecule has 142 valence electrons. The molecule has 0 amide bonds. The molecule has 3 heteroatoms. The molecule has 0 aromatic heterocycles. The third kappa shape index (κ3) is 7.84. The highest BCUT2D eigenvalue weighted by Gasteiger charge is 2.30. The van der Waals surface area contributed by atoms with Crippen LogP contribution in [0.15, 0.2) is 0 Å². The van der Waals surface area contributed by atoms with Gasteiger partial charge in [-0.25, -0.2) is 0 Å². The van der Waals surface area contributed by atoms with E-state index in [0.29, 0.717) is 0 Å². The zero-order valence-electron chi connectivity index (χ0n) is 15.9. The van der Waals surface area contributed by atoms with Crippen LogP contribution in [0.1, 0.15) is 103 Å². The lowest BCUT2D eigenvalue weighted by atomic mass is 9.85. The quantitative estimate of drug-likeness (QED) is 0.459. The van der Waals surface area contributed by atoms with E-state index in [1.165, 1.54) is 96.3 Å². The lowest BCUT2D eigenvalue weighted by Gasteiger charge is -2.21. The molecule has 4 N–H and O–H groups in total. The zero-order chi connectivity index (χ0) is 17.0. The van der Waals surface area contributed by atoms with Crippen molar-refractivity contribution in [2.24, 2.45) is 11.7 Å². The summed E-state index contributed by atoms with van der Waals surface area (Å²) in [7, 11) is 0. The summed E-state index contributed by atoms with van der Waals surface area (Å²) >= 11 is 0. The van der Waals surface area contributed by atoms with Gasteiger partial charge in [0.25, 0.3) is 0 Å². The van der Waals surface area contributed by atoms with Gasteiger partial charge in [-0.3, -0.25) is 0 Å². The van der Waals surface area contributed by atoms with Crippen molar-refractivity contribution in [3.8, 4) is 0 Å². The van der Waals surface area contributed by atoms with E-state index in [1.54, 1.807) is 0 Å². The van der Waals surface area contributed by atoms with Crippen molar-refractivity contribution < 1.29 is 5.11 Å². The third-order valence-corrected chi connectivity index (χ3v) is 6.32. The van der Waals surface area contributed by atoms with E-state index >= 15 is 0 Å². The lowest BCUT2D eigenvalue weighted by Crippen LogP contribution is -2.37. The van der Waals surface area contributed by atoms with Crippen LogP contribution in [0.4, 0.5) is 0 Å². The van der Waals surface area contributed by atoms with Crippen LogP contribution >= 0.6 is 0 Å². The normalized spacial score (nSPS) is 28.5. The lowest BCUT2D eigenvalue weighted by molar-refractivity contribution is 0.139. The summed E-state index contributed by atoms with van der Waals surface area (Å²) < 4.78 is 0. The number of nitrogens with two attached hydrogens (primary N) is 1. The summed E-state index contributed by atoms with van der Waals surface area (Å²) in [6.07, 6.45) is 22.3. The summed E-state index contributed by atoms with van der Waals surface area (Å²) in [5.74, 6) is 1.07. The van der Waals surface area contributed by atoms with Crippen LogP contribution in [-0.4, -0.2) is 29.8 Å². The summed E-state index contributed by atoms with van der Waals surface area (Å²) in [5, 5.41) is 13.2. The fraction of sp³-hybridized carbons (Fsp3) is 1.00. The van der Waals surface area contributed by atoms with Crippen molar-refractivity contribution in [3.63, 3.8) is 0 Å². The Bertz CT molecular complexity index is 304. The molecule has 1 heterocycles. The first-order chi connectivity index (χ1) is 11.8. The highest BCUT2D eigenvalue weighted by atomic mass is 16.3. The van der Waals surface area contributed by atoms with E-state index in [9.17, 15) is 5.11 Å². The van der Waals surface area contributed by atoms with Gasteiger partial charge in [0.05, 0.1) is 6.10 Å². The van der Waals surface area contributed by atoms with Gasteiger partial charge in [-0.15, -0.1) is 0 Å². The van der Waals surface area contributed by atoms with Gasteiger partial charge < -0.3 is 16.2 Å². The zero-order valence-corrected chi connectivity index (χ0v) is 15.9. The molecular weight excluding hydrogens is 296 g/mol. The summed E-state index contributed by atoms with van der Waals surface area (Å²) in [6, 6.07) is 0.178. The molecule has 0 spiro atoms. The van der Waals surface area contributed by atoms with Gasteiger partial charge >= 0.3 is 0 Å². The predicted molar refractivity (Wildman–Crippen MR) is 103 cm³/mol. The molecule has 1 aliphatic heterocycles. The highest BCUT2D eigenvalue weighted by molar-refractivity contribution is 4.92. The van der Waals surface area contributed by atoms with Crippen LogP contribution in [0.2, 0.25) is 0 Å². The maximum absolute atomic E-state index is 9.90. The van der Waals surface area contributed by atoms with Gasteiger partial charge in [0, 0.05) is 18.6 Å². The minimum absolute atomic E-state index is 0.0619. The second-order valence-electron chi connectivity index (χ2n) is 8.43. The van der Waals surface area contributed by atoms with E-state index in [2.05, 4.69) is 5.32 Å². The molecule has 2 fully saturated rings. The molecule has 0 radical (unpaired) electrons. The van der Waals surface area contributed by atoms with E-state index < -0.39 is 0 Å². The van der Waals surface area contributed by atoms with Crippen molar-refractivity contribution in [2.75, 3.05) is 6.54 Å². The summed E-state index contributed by atoms with van der Waals surface area (Å²) in [6.45, 7) is 0.770. The maximum atomic E-state index is 9.90. The van der Waals surface area contributed by atoms with Crippen LogP contribution < -0.4 is 11.1 Å². The molecule has 0 aromatic rings. The van der Waals surface area contributed by atoms with Crippen molar-refractivity contribution in [2.45, 2.75) is 121 Å². The largest absolute Gasteiger partial charge is 0.390 e. The number of rotatable bonds is 12. The molecule has 1 aliphatic carbocycles. The van der Waals surface area contributed by atoms with Crippen LogP contribution in [0.25, 0.3) is 0 Å². The Morgan fingerprint density at radius 1 is 0.750 bits per heavy atom. The third-order valence-electron chi connectivity index (χ3n) is 6.32. The Morgan fingerprint density at radius 3 is 1.83 bits per heavy atom. The van der Waals surface area contributed by atoms with E-state index in [1.807, 2.05) is 0 Å². The molecule has 0 bridgehead atoms. The highest BCUT2D eigenvalue weighted by Crippen LogP contribution is 2.28. The number of nitrogens with one attached hydrogen (secondary N) is 1. The molecule has 0 aromatic carbocycles. The summed E-state index contributed by atoms with van der Waals surface area (Å²) in [4.78, 5) is 0. The SMILES string of the molecule is N[C@H]1CN[C@H](CCCCCCCCCCCC2CCCCC2)[C@H]1O. The van der Waals surface area contributed by atoms with Crippen LogP contribution in [0.5, 0.6) is 0 Å². The molecule has 3 nitrogen and oxygen atoms in total. The smallest absolute Gasteiger partial charge is 0.0856 e. The number of hydrogen-bond acceptors (Lipinski definition) is 3. The first-order valence-electron chi connectivity index (χ1n) is 10.9. The Hall–Kier alpha value is -0.120. The topological polar surface area (TPSA) is 58.3 Å². The Kier molecular flexibility index (Phi) is 10.3. The number of aliphatic hydroxyl groups is 1. The monoisotopic (exact) mass is 338 g/mol. The molecule has 2 rings (SSSR count). The Balaban J connectivity index is 1.30. The number of hydrogen-bond donors (Lipinski definition) is 3. The molecule has 24 heavy (non-hydrogen) atoms. The summed E-state index contributed by atoms with van der Waals surface area (Å²) in [5.41, 5.74) is 5.82. The van der Waals surface area contributed by atoms with Crippen molar-refractivity contribution in [3.05, 3.63) is 0 Å². The second kappa shape index (κ2) is 12.3. The van der Waals surface area contributed by atoms with Crippen LogP contribution in [0.3, 0.4) is 0 Å². The standard InChI is InChI=1S/C21H42N2O/c22-19-17-23-20(21(19)24)16-12-7-5-3-1-2-4-6-9-13-18-14-10-8-11-15-18/h18-21,23-24H,1-17,22H2/t19-,20+,21-/m0/s1. The first kappa shape index (κ1) is 20.2. The minimum atomic E-state index is -0.335. The van der Waals surface area contributed by atoms with Gasteiger partial charge in [0.15, 0.2) is 0 Å². The molecule has 2 aliphatic rings. The maximum Gasteiger partial charge on any atom is 0.0856 e. The Labute approximate surface area is 150 Å². The average Bonchev–Trinajstić information content (AvgIpc) is 2.92. The Morgan fingerprint density at radius 2 is 1.29 bits per heavy atom. The predicted octanol–water partition coefficient (Wildman–Crippen LogP) is 4.52. The van der Waals surface area contributed by atoms with Gasteiger partial charge in [0.2, 0.25) is 0 Å². The molecule has 1 saturated heterocycles. The molecular formula is C21H42N2O. The van der Waals surface area contributed by atoms with Crippen molar-refractivity contribution in [1.82, 2.24) is 5.32 Å². The van der Waals surface area contributed by atoms with Crippen LogP contribution in [0, 0.1) is 5.92 Å². The van der Waals surface area contributed by atoms with E-state index in [0.717, 1.165) is 18.9 Å². The fourth-order valence-corrected chi connectivity index (χ4v) is 4.61. The first-order valence-corrected chi connectivity index (χ1v) is 10.9. The van der Waals surface area contributed by atoms with Gasteiger partial charge in [-0.2, -0.15) is 0 Å². The van der Waals surface area contributed by atoms with Crippen molar-refractivity contribution >= 4 is 0 Å². The van der Waals surface area contributed by atoms with Crippen LogP contribution in [-0.2, 0) is 0 Å². The molecule has 3 atom stereocenters.